The maximum Gasteiger partial charge on any atom is 0.271 e. The standard InChI is InChI=1S/C22H24FN5O3/c1-16-7-8-17(14-20(16)23)22-24-21(31-25-22)6-3-9-26-10-12-27(13-11-26)18-4-2-5-19(15-18)28(29)30/h2,4-5,7-8,14-15H,3,6,9-13H2,1H3. The van der Waals surface area contributed by atoms with Crippen LogP contribution in [0.25, 0.3) is 11.4 Å². The number of rotatable bonds is 7. The first-order chi connectivity index (χ1) is 15.0. The van der Waals surface area contributed by atoms with Crippen molar-refractivity contribution >= 4 is 11.4 Å². The van der Waals surface area contributed by atoms with Crippen LogP contribution in [-0.2, 0) is 6.42 Å². The highest BCUT2D eigenvalue weighted by atomic mass is 19.1. The van der Waals surface area contributed by atoms with Crippen LogP contribution >= 0.6 is 0 Å². The molecule has 0 atom stereocenters. The van der Waals surface area contributed by atoms with Crippen molar-refractivity contribution < 1.29 is 13.8 Å². The van der Waals surface area contributed by atoms with Crippen molar-refractivity contribution in [3.05, 3.63) is 69.9 Å². The van der Waals surface area contributed by atoms with Gasteiger partial charge in [0.15, 0.2) is 0 Å². The van der Waals surface area contributed by atoms with E-state index in [1.54, 1.807) is 31.2 Å². The van der Waals surface area contributed by atoms with Gasteiger partial charge in [0.1, 0.15) is 5.82 Å². The Hall–Kier alpha value is -3.33. The lowest BCUT2D eigenvalue weighted by atomic mass is 10.1. The summed E-state index contributed by atoms with van der Waals surface area (Å²) < 4.78 is 19.1. The molecule has 3 aromatic rings. The molecule has 2 aromatic carbocycles. The summed E-state index contributed by atoms with van der Waals surface area (Å²) in [6, 6.07) is 11.7. The minimum atomic E-state index is -0.363. The second-order valence-electron chi connectivity index (χ2n) is 7.68. The minimum absolute atomic E-state index is 0.118. The molecule has 0 spiro atoms. The van der Waals surface area contributed by atoms with Gasteiger partial charge in [-0.2, -0.15) is 4.98 Å². The van der Waals surface area contributed by atoms with Crippen LogP contribution in [0.1, 0.15) is 17.9 Å². The van der Waals surface area contributed by atoms with Gasteiger partial charge in [0.2, 0.25) is 11.7 Å². The fraction of sp³-hybridized carbons (Fsp3) is 0.364. The average molecular weight is 425 g/mol. The van der Waals surface area contributed by atoms with E-state index in [1.165, 1.54) is 12.1 Å². The number of anilines is 1. The summed E-state index contributed by atoms with van der Waals surface area (Å²) >= 11 is 0. The van der Waals surface area contributed by atoms with Gasteiger partial charge >= 0.3 is 0 Å². The Morgan fingerprint density at radius 3 is 2.71 bits per heavy atom. The minimum Gasteiger partial charge on any atom is -0.369 e. The topological polar surface area (TPSA) is 88.5 Å². The van der Waals surface area contributed by atoms with Crippen molar-refractivity contribution in [1.82, 2.24) is 15.0 Å². The number of halogens is 1. The number of nitro benzene ring substituents is 1. The molecule has 8 nitrogen and oxygen atoms in total. The highest BCUT2D eigenvalue weighted by Crippen LogP contribution is 2.23. The van der Waals surface area contributed by atoms with Crippen LogP contribution in [0.4, 0.5) is 15.8 Å². The van der Waals surface area contributed by atoms with Crippen LogP contribution < -0.4 is 4.90 Å². The molecule has 1 aliphatic heterocycles. The van der Waals surface area contributed by atoms with Crippen LogP contribution in [-0.4, -0.2) is 52.7 Å². The van der Waals surface area contributed by atoms with Gasteiger partial charge in [0, 0.05) is 56.0 Å². The maximum atomic E-state index is 13.7. The van der Waals surface area contributed by atoms with Gasteiger partial charge in [-0.05, 0) is 37.6 Å². The summed E-state index contributed by atoms with van der Waals surface area (Å²) in [7, 11) is 0. The quantitative estimate of drug-likeness (QED) is 0.420. The fourth-order valence-corrected chi connectivity index (χ4v) is 3.69. The van der Waals surface area contributed by atoms with Crippen molar-refractivity contribution in [2.24, 2.45) is 0 Å². The third kappa shape index (κ3) is 5.05. The predicted molar refractivity (Wildman–Crippen MR) is 114 cm³/mol. The van der Waals surface area contributed by atoms with E-state index in [0.717, 1.165) is 44.8 Å². The molecule has 0 unspecified atom stereocenters. The molecule has 1 aliphatic rings. The number of nitro groups is 1. The first-order valence-corrected chi connectivity index (χ1v) is 10.3. The summed E-state index contributed by atoms with van der Waals surface area (Å²) in [5.74, 6) is 0.666. The van der Waals surface area contributed by atoms with E-state index >= 15 is 0 Å². The van der Waals surface area contributed by atoms with Crippen LogP contribution in [0.5, 0.6) is 0 Å². The Morgan fingerprint density at radius 1 is 1.16 bits per heavy atom. The second-order valence-corrected chi connectivity index (χ2v) is 7.68. The molecule has 2 heterocycles. The van der Waals surface area contributed by atoms with E-state index in [0.29, 0.717) is 29.3 Å². The maximum absolute atomic E-state index is 13.7. The molecule has 1 fully saturated rings. The van der Waals surface area contributed by atoms with Crippen LogP contribution in [0, 0.1) is 22.9 Å². The number of hydrogen-bond donors (Lipinski definition) is 0. The summed E-state index contributed by atoms with van der Waals surface area (Å²) in [6.45, 7) is 6.04. The van der Waals surface area contributed by atoms with Gasteiger partial charge in [-0.1, -0.05) is 23.4 Å². The Balaban J connectivity index is 1.24. The Bertz CT molecular complexity index is 1060. The Morgan fingerprint density at radius 2 is 1.97 bits per heavy atom. The number of aromatic nitrogens is 2. The van der Waals surface area contributed by atoms with E-state index < -0.39 is 0 Å². The molecule has 0 bridgehead atoms. The van der Waals surface area contributed by atoms with E-state index in [4.69, 9.17) is 4.52 Å². The number of benzene rings is 2. The number of non-ortho nitro benzene ring substituents is 1. The molecule has 162 valence electrons. The largest absolute Gasteiger partial charge is 0.369 e. The number of aryl methyl sites for hydroxylation is 2. The van der Waals surface area contributed by atoms with Gasteiger partial charge in [-0.3, -0.25) is 15.0 Å². The first kappa shape index (κ1) is 20.9. The zero-order chi connectivity index (χ0) is 21.8. The van der Waals surface area contributed by atoms with E-state index in [1.807, 2.05) is 6.07 Å². The van der Waals surface area contributed by atoms with Crippen molar-refractivity contribution in [3.8, 4) is 11.4 Å². The Labute approximate surface area is 179 Å². The monoisotopic (exact) mass is 425 g/mol. The fourth-order valence-electron chi connectivity index (χ4n) is 3.69. The lowest BCUT2D eigenvalue weighted by Crippen LogP contribution is -2.46. The van der Waals surface area contributed by atoms with Gasteiger partial charge in [0.25, 0.3) is 5.69 Å². The molecule has 9 heteroatoms. The van der Waals surface area contributed by atoms with Crippen molar-refractivity contribution in [2.45, 2.75) is 19.8 Å². The third-order valence-corrected chi connectivity index (χ3v) is 5.54. The van der Waals surface area contributed by atoms with Crippen LogP contribution in [0.15, 0.2) is 47.0 Å². The molecule has 31 heavy (non-hydrogen) atoms. The van der Waals surface area contributed by atoms with Crippen LogP contribution in [0.3, 0.4) is 0 Å². The summed E-state index contributed by atoms with van der Waals surface area (Å²) in [6.07, 6.45) is 1.53. The summed E-state index contributed by atoms with van der Waals surface area (Å²) in [5.41, 5.74) is 2.19. The molecular weight excluding hydrogens is 401 g/mol. The number of nitrogens with zero attached hydrogens (tertiary/aromatic N) is 5. The molecule has 1 aromatic heterocycles. The number of piperazine rings is 1. The normalized spacial score (nSPS) is 14.7. The molecule has 4 rings (SSSR count). The number of hydrogen-bond acceptors (Lipinski definition) is 7. The van der Waals surface area contributed by atoms with Gasteiger partial charge in [0.05, 0.1) is 4.92 Å². The molecule has 0 saturated carbocycles. The lowest BCUT2D eigenvalue weighted by molar-refractivity contribution is -0.384. The summed E-state index contributed by atoms with van der Waals surface area (Å²) in [4.78, 5) is 19.5. The predicted octanol–water partition coefficient (Wildman–Crippen LogP) is 3.85. The highest BCUT2D eigenvalue weighted by Gasteiger charge is 2.19. The average Bonchev–Trinajstić information content (AvgIpc) is 3.25. The Kier molecular flexibility index (Phi) is 6.22. The molecule has 0 radical (unpaired) electrons. The molecular formula is C22H24FN5O3. The van der Waals surface area contributed by atoms with E-state index in [-0.39, 0.29) is 16.4 Å². The lowest BCUT2D eigenvalue weighted by Gasteiger charge is -2.36. The highest BCUT2D eigenvalue weighted by molar-refractivity contribution is 5.55. The zero-order valence-electron chi connectivity index (χ0n) is 17.3. The molecule has 0 amide bonds. The molecule has 0 aliphatic carbocycles. The molecule has 0 N–H and O–H groups in total. The summed E-state index contributed by atoms with van der Waals surface area (Å²) in [5, 5.41) is 14.9. The van der Waals surface area contributed by atoms with Gasteiger partial charge in [-0.15, -0.1) is 0 Å². The SMILES string of the molecule is Cc1ccc(-c2noc(CCCN3CCN(c4cccc([N+](=O)[O-])c4)CC3)n2)cc1F. The second kappa shape index (κ2) is 9.22. The third-order valence-electron chi connectivity index (χ3n) is 5.54. The van der Waals surface area contributed by atoms with Gasteiger partial charge in [-0.25, -0.2) is 4.39 Å². The molecule has 1 saturated heterocycles. The van der Waals surface area contributed by atoms with Crippen molar-refractivity contribution in [2.75, 3.05) is 37.6 Å². The van der Waals surface area contributed by atoms with E-state index in [9.17, 15) is 14.5 Å². The zero-order valence-corrected chi connectivity index (χ0v) is 17.3. The van der Waals surface area contributed by atoms with Crippen LogP contribution in [0.2, 0.25) is 0 Å². The smallest absolute Gasteiger partial charge is 0.271 e. The first-order valence-electron chi connectivity index (χ1n) is 10.3. The van der Waals surface area contributed by atoms with Crippen molar-refractivity contribution in [1.29, 1.82) is 0 Å². The van der Waals surface area contributed by atoms with Gasteiger partial charge < -0.3 is 9.42 Å². The van der Waals surface area contributed by atoms with E-state index in [2.05, 4.69) is 19.9 Å². The van der Waals surface area contributed by atoms with Crippen molar-refractivity contribution in [3.63, 3.8) is 0 Å².